The van der Waals surface area contributed by atoms with E-state index < -0.39 is 30.3 Å². The molecule has 2 amide bonds. The van der Waals surface area contributed by atoms with Crippen LogP contribution in [0.1, 0.15) is 20.3 Å². The Bertz CT molecular complexity index is 391. The van der Waals surface area contributed by atoms with Crippen LogP contribution in [0, 0.1) is 0 Å². The third kappa shape index (κ3) is 6.65. The second kappa shape index (κ2) is 6.50. The van der Waals surface area contributed by atoms with Crippen LogP contribution in [0.25, 0.3) is 0 Å². The fourth-order valence-corrected chi connectivity index (χ4v) is 2.15. The first kappa shape index (κ1) is 17.5. The highest BCUT2D eigenvalue weighted by atomic mass is 19.4. The Balaban J connectivity index is 2.43. The van der Waals surface area contributed by atoms with Crippen LogP contribution in [0.5, 0.6) is 0 Å². The molecule has 9 heteroatoms. The molecule has 1 aliphatic heterocycles. The van der Waals surface area contributed by atoms with Crippen molar-refractivity contribution in [2.24, 2.45) is 0 Å². The maximum Gasteiger partial charge on any atom is 0.401 e. The number of alkyl halides is 3. The summed E-state index contributed by atoms with van der Waals surface area (Å²) in [5.41, 5.74) is -0.911. The number of carbonyl (C=O) groups is 2. The average Bonchev–Trinajstić information content (AvgIpc) is 2.24. The van der Waals surface area contributed by atoms with E-state index in [9.17, 15) is 22.8 Å². The first-order valence-electron chi connectivity index (χ1n) is 6.56. The van der Waals surface area contributed by atoms with Gasteiger partial charge in [-0.05, 0) is 13.8 Å². The molecule has 0 aromatic carbocycles. The minimum Gasteiger partial charge on any atom is -0.481 e. The van der Waals surface area contributed by atoms with Gasteiger partial charge in [-0.15, -0.1) is 0 Å². The molecule has 0 spiro atoms. The molecule has 0 saturated carbocycles. The highest BCUT2D eigenvalue weighted by Crippen LogP contribution is 2.17. The van der Waals surface area contributed by atoms with Crippen LogP contribution < -0.4 is 5.32 Å². The highest BCUT2D eigenvalue weighted by molar-refractivity contribution is 5.76. The molecule has 1 heterocycles. The topological polar surface area (TPSA) is 72.9 Å². The van der Waals surface area contributed by atoms with Gasteiger partial charge in [0.2, 0.25) is 0 Å². The molecule has 0 atom stereocenters. The van der Waals surface area contributed by atoms with Crippen LogP contribution in [0.3, 0.4) is 0 Å². The van der Waals surface area contributed by atoms with Crippen molar-refractivity contribution in [3.63, 3.8) is 0 Å². The van der Waals surface area contributed by atoms with Crippen molar-refractivity contribution >= 4 is 12.0 Å². The predicted molar refractivity (Wildman–Crippen MR) is 68.9 cm³/mol. The van der Waals surface area contributed by atoms with Crippen LogP contribution in [0.4, 0.5) is 18.0 Å². The Kier molecular flexibility index (Phi) is 5.43. The van der Waals surface area contributed by atoms with Crippen LogP contribution >= 0.6 is 0 Å². The number of aliphatic carboxylic acids is 1. The van der Waals surface area contributed by atoms with Gasteiger partial charge in [0.15, 0.2) is 0 Å². The monoisotopic (exact) mass is 311 g/mol. The van der Waals surface area contributed by atoms with Gasteiger partial charge in [-0.1, -0.05) is 0 Å². The SMILES string of the molecule is CC(C)(CC(=O)O)NC(=O)N1CCN(CC(F)(F)F)CC1. The summed E-state index contributed by atoms with van der Waals surface area (Å²) in [7, 11) is 0. The lowest BCUT2D eigenvalue weighted by molar-refractivity contribution is -0.148. The molecule has 1 rings (SSSR count). The number of halogens is 3. The zero-order valence-corrected chi connectivity index (χ0v) is 12.0. The molecule has 1 fully saturated rings. The zero-order chi connectivity index (χ0) is 16.3. The number of carboxylic acid groups (broad SMARTS) is 1. The Morgan fingerprint density at radius 3 is 2.10 bits per heavy atom. The van der Waals surface area contributed by atoms with E-state index in [4.69, 9.17) is 5.11 Å². The first-order valence-corrected chi connectivity index (χ1v) is 6.56. The van der Waals surface area contributed by atoms with E-state index >= 15 is 0 Å². The molecule has 0 aromatic heterocycles. The molecule has 21 heavy (non-hydrogen) atoms. The van der Waals surface area contributed by atoms with E-state index in [0.29, 0.717) is 0 Å². The third-order valence-corrected chi connectivity index (χ3v) is 3.10. The minimum atomic E-state index is -4.24. The quantitative estimate of drug-likeness (QED) is 0.816. The van der Waals surface area contributed by atoms with Gasteiger partial charge in [0.1, 0.15) is 0 Å². The first-order chi connectivity index (χ1) is 9.48. The number of hydrogen-bond donors (Lipinski definition) is 2. The lowest BCUT2D eigenvalue weighted by Gasteiger charge is -2.36. The van der Waals surface area contributed by atoms with Crippen molar-refractivity contribution in [1.82, 2.24) is 15.1 Å². The van der Waals surface area contributed by atoms with Gasteiger partial charge in [0.25, 0.3) is 0 Å². The zero-order valence-electron chi connectivity index (χ0n) is 12.0. The highest BCUT2D eigenvalue weighted by Gasteiger charge is 2.33. The van der Waals surface area contributed by atoms with E-state index in [1.807, 2.05) is 0 Å². The number of carboxylic acids is 1. The van der Waals surface area contributed by atoms with Gasteiger partial charge in [-0.25, -0.2) is 4.79 Å². The van der Waals surface area contributed by atoms with E-state index in [0.717, 1.165) is 0 Å². The lowest BCUT2D eigenvalue weighted by Crippen LogP contribution is -2.57. The van der Waals surface area contributed by atoms with Gasteiger partial charge >= 0.3 is 18.2 Å². The van der Waals surface area contributed by atoms with E-state index in [2.05, 4.69) is 5.32 Å². The molecule has 1 saturated heterocycles. The maximum absolute atomic E-state index is 12.2. The van der Waals surface area contributed by atoms with Gasteiger partial charge in [-0.2, -0.15) is 13.2 Å². The normalized spacial score (nSPS) is 17.7. The van der Waals surface area contributed by atoms with Gasteiger partial charge < -0.3 is 15.3 Å². The van der Waals surface area contributed by atoms with E-state index in [-0.39, 0.29) is 32.6 Å². The number of carbonyl (C=O) groups excluding carboxylic acids is 1. The predicted octanol–water partition coefficient (Wildman–Crippen LogP) is 1.13. The fraction of sp³-hybridized carbons (Fsp3) is 0.833. The summed E-state index contributed by atoms with van der Waals surface area (Å²) in [5.74, 6) is -1.03. The summed E-state index contributed by atoms with van der Waals surface area (Å²) in [6.45, 7) is 2.85. The number of nitrogens with one attached hydrogen (secondary N) is 1. The van der Waals surface area contributed by atoms with Crippen molar-refractivity contribution in [3.8, 4) is 0 Å². The Hall–Kier alpha value is -1.51. The van der Waals surface area contributed by atoms with E-state index in [1.165, 1.54) is 9.80 Å². The van der Waals surface area contributed by atoms with Crippen molar-refractivity contribution in [2.45, 2.75) is 32.0 Å². The second-order valence-corrected chi connectivity index (χ2v) is 5.76. The largest absolute Gasteiger partial charge is 0.481 e. The van der Waals surface area contributed by atoms with Crippen LogP contribution in [0.2, 0.25) is 0 Å². The molecule has 0 aromatic rings. The number of piperazine rings is 1. The molecule has 0 aliphatic carbocycles. The smallest absolute Gasteiger partial charge is 0.401 e. The van der Waals surface area contributed by atoms with Crippen molar-refractivity contribution in [3.05, 3.63) is 0 Å². The number of hydrogen-bond acceptors (Lipinski definition) is 3. The number of rotatable bonds is 4. The molecule has 2 N–H and O–H groups in total. The van der Waals surface area contributed by atoms with Gasteiger partial charge in [0, 0.05) is 31.7 Å². The average molecular weight is 311 g/mol. The molecular weight excluding hydrogens is 291 g/mol. The van der Waals surface area contributed by atoms with Crippen molar-refractivity contribution in [2.75, 3.05) is 32.7 Å². The van der Waals surface area contributed by atoms with Crippen molar-refractivity contribution < 1.29 is 27.9 Å². The molecule has 0 bridgehead atoms. The molecule has 6 nitrogen and oxygen atoms in total. The third-order valence-electron chi connectivity index (χ3n) is 3.10. The molecule has 0 radical (unpaired) electrons. The van der Waals surface area contributed by atoms with Gasteiger partial charge in [0.05, 0.1) is 13.0 Å². The standard InChI is InChI=1S/C12H20F3N3O3/c1-11(2,7-9(19)20)16-10(21)18-5-3-17(4-6-18)8-12(13,14)15/h3-8H2,1-2H3,(H,16,21)(H,19,20). The van der Waals surface area contributed by atoms with Crippen LogP contribution in [0.15, 0.2) is 0 Å². The van der Waals surface area contributed by atoms with Crippen LogP contribution in [-0.2, 0) is 4.79 Å². The van der Waals surface area contributed by atoms with E-state index in [1.54, 1.807) is 13.8 Å². The fourth-order valence-electron chi connectivity index (χ4n) is 2.15. The number of amides is 2. The Morgan fingerprint density at radius 1 is 1.14 bits per heavy atom. The van der Waals surface area contributed by atoms with Gasteiger partial charge in [-0.3, -0.25) is 9.69 Å². The summed E-state index contributed by atoms with van der Waals surface area (Å²) in [6.07, 6.45) is -4.47. The molecule has 0 unspecified atom stereocenters. The maximum atomic E-state index is 12.2. The number of urea groups is 1. The summed E-state index contributed by atoms with van der Waals surface area (Å²) >= 11 is 0. The molecular formula is C12H20F3N3O3. The number of nitrogens with zero attached hydrogens (tertiary/aromatic N) is 2. The molecule has 122 valence electrons. The Morgan fingerprint density at radius 2 is 1.67 bits per heavy atom. The molecule has 1 aliphatic rings. The van der Waals surface area contributed by atoms with Crippen LogP contribution in [-0.4, -0.2) is 71.3 Å². The lowest BCUT2D eigenvalue weighted by atomic mass is 10.0. The summed E-state index contributed by atoms with van der Waals surface area (Å²) in [5, 5.41) is 11.3. The minimum absolute atomic E-state index is 0.145. The second-order valence-electron chi connectivity index (χ2n) is 5.76. The van der Waals surface area contributed by atoms with Crippen molar-refractivity contribution in [1.29, 1.82) is 0 Å². The summed E-state index contributed by atoms with van der Waals surface area (Å²) in [6, 6.07) is -0.451. The summed E-state index contributed by atoms with van der Waals surface area (Å²) in [4.78, 5) is 25.3. The Labute approximate surface area is 120 Å². The summed E-state index contributed by atoms with van der Waals surface area (Å²) < 4.78 is 36.7.